The van der Waals surface area contributed by atoms with Gasteiger partial charge in [0.05, 0.1) is 0 Å². The lowest BCUT2D eigenvalue weighted by atomic mass is 10.5. The van der Waals surface area contributed by atoms with Gasteiger partial charge in [0.1, 0.15) is 5.82 Å². The number of nitrogens with zero attached hydrogens (tertiary/aromatic N) is 1. The molecular formula is C7H11N3. The number of hydrazine groups is 1. The van der Waals surface area contributed by atoms with Gasteiger partial charge in [0.2, 0.25) is 0 Å². The minimum absolute atomic E-state index is 0.551. The molecule has 3 N–H and O–H groups in total. The Bertz CT molecular complexity index is 168. The highest BCUT2D eigenvalue weighted by Gasteiger charge is 1.80. The highest BCUT2D eigenvalue weighted by molar-refractivity contribution is 5.71. The van der Waals surface area contributed by atoms with E-state index in [0.717, 1.165) is 0 Å². The van der Waals surface area contributed by atoms with E-state index in [-0.39, 0.29) is 0 Å². The van der Waals surface area contributed by atoms with Crippen molar-refractivity contribution in [3.05, 3.63) is 37.2 Å². The maximum Gasteiger partial charge on any atom is 0.139 e. The molecule has 0 aromatic heterocycles. The summed E-state index contributed by atoms with van der Waals surface area (Å²) in [6.07, 6.45) is 6.35. The maximum absolute atomic E-state index is 5.09. The van der Waals surface area contributed by atoms with E-state index in [0.29, 0.717) is 5.82 Å². The molecule has 0 aliphatic heterocycles. The first-order valence-electron chi connectivity index (χ1n) is 2.79. The maximum atomic E-state index is 5.09. The zero-order chi connectivity index (χ0) is 7.82. The summed E-state index contributed by atoms with van der Waals surface area (Å²) in [6, 6.07) is 0. The SMILES string of the molecule is C=CC=N/C(=C\C=C)NN. The summed E-state index contributed by atoms with van der Waals surface area (Å²) >= 11 is 0. The third-order valence-electron chi connectivity index (χ3n) is 0.743. The lowest BCUT2D eigenvalue weighted by Crippen LogP contribution is -2.19. The van der Waals surface area contributed by atoms with Crippen molar-refractivity contribution in [1.82, 2.24) is 5.43 Å². The normalized spacial score (nSPS) is 11.5. The summed E-state index contributed by atoms with van der Waals surface area (Å²) < 4.78 is 0. The molecule has 0 heterocycles. The molecule has 0 unspecified atom stereocenters. The van der Waals surface area contributed by atoms with Gasteiger partial charge in [0.25, 0.3) is 0 Å². The number of nitrogens with one attached hydrogen (secondary N) is 1. The van der Waals surface area contributed by atoms with Gasteiger partial charge in [0.15, 0.2) is 0 Å². The first-order valence-corrected chi connectivity index (χ1v) is 2.79. The third-order valence-corrected chi connectivity index (χ3v) is 0.743. The predicted molar refractivity (Wildman–Crippen MR) is 44.3 cm³/mol. The molecule has 3 nitrogen and oxygen atoms in total. The van der Waals surface area contributed by atoms with Crippen molar-refractivity contribution in [2.45, 2.75) is 0 Å². The Morgan fingerprint density at radius 1 is 1.40 bits per heavy atom. The number of aliphatic imine (C=N–C) groups is 1. The van der Waals surface area contributed by atoms with E-state index < -0.39 is 0 Å². The molecule has 0 aromatic carbocycles. The number of nitrogens with two attached hydrogens (primary N) is 1. The Labute approximate surface area is 60.6 Å². The molecule has 0 atom stereocenters. The highest BCUT2D eigenvalue weighted by Crippen LogP contribution is 1.86. The lowest BCUT2D eigenvalue weighted by molar-refractivity contribution is 0.872. The van der Waals surface area contributed by atoms with Crippen LogP contribution >= 0.6 is 0 Å². The van der Waals surface area contributed by atoms with Crippen molar-refractivity contribution in [1.29, 1.82) is 0 Å². The van der Waals surface area contributed by atoms with Crippen LogP contribution in [-0.4, -0.2) is 6.21 Å². The van der Waals surface area contributed by atoms with Gasteiger partial charge in [0, 0.05) is 6.21 Å². The van der Waals surface area contributed by atoms with Crippen LogP contribution in [0.1, 0.15) is 0 Å². The Morgan fingerprint density at radius 3 is 2.50 bits per heavy atom. The van der Waals surface area contributed by atoms with Crippen molar-refractivity contribution in [3.8, 4) is 0 Å². The summed E-state index contributed by atoms with van der Waals surface area (Å²) in [6.45, 7) is 6.94. The van der Waals surface area contributed by atoms with Crippen molar-refractivity contribution in [2.24, 2.45) is 10.8 Å². The van der Waals surface area contributed by atoms with Crippen LogP contribution in [0.5, 0.6) is 0 Å². The van der Waals surface area contributed by atoms with E-state index in [2.05, 4.69) is 23.6 Å². The Kier molecular flexibility index (Phi) is 5.00. The van der Waals surface area contributed by atoms with Crippen LogP contribution in [0.25, 0.3) is 0 Å². The van der Waals surface area contributed by atoms with Crippen molar-refractivity contribution in [2.75, 3.05) is 0 Å². The molecule has 54 valence electrons. The van der Waals surface area contributed by atoms with Crippen molar-refractivity contribution < 1.29 is 0 Å². The van der Waals surface area contributed by atoms with Crippen LogP contribution in [0, 0.1) is 0 Å². The summed E-state index contributed by atoms with van der Waals surface area (Å²) in [4.78, 5) is 3.86. The second-order valence-electron chi connectivity index (χ2n) is 1.45. The van der Waals surface area contributed by atoms with E-state index in [4.69, 9.17) is 5.84 Å². The molecule has 0 amide bonds. The summed E-state index contributed by atoms with van der Waals surface area (Å²) in [5, 5.41) is 0. The molecule has 0 aliphatic rings. The van der Waals surface area contributed by atoms with Crippen LogP contribution < -0.4 is 11.3 Å². The number of rotatable bonds is 4. The Hall–Kier alpha value is -1.35. The molecular weight excluding hydrogens is 126 g/mol. The molecule has 0 saturated heterocycles. The fourth-order valence-corrected chi connectivity index (χ4v) is 0.373. The quantitative estimate of drug-likeness (QED) is 0.260. The summed E-state index contributed by atoms with van der Waals surface area (Å²) in [5.41, 5.74) is 2.38. The second-order valence-corrected chi connectivity index (χ2v) is 1.45. The van der Waals surface area contributed by atoms with Gasteiger partial charge in [-0.15, -0.1) is 0 Å². The second kappa shape index (κ2) is 5.78. The monoisotopic (exact) mass is 137 g/mol. The first kappa shape index (κ1) is 8.65. The largest absolute Gasteiger partial charge is 0.308 e. The van der Waals surface area contributed by atoms with Crippen LogP contribution in [0.4, 0.5) is 0 Å². The van der Waals surface area contributed by atoms with E-state index in [1.54, 1.807) is 18.2 Å². The molecule has 0 aliphatic carbocycles. The van der Waals surface area contributed by atoms with Gasteiger partial charge in [-0.25, -0.2) is 10.8 Å². The van der Waals surface area contributed by atoms with Crippen LogP contribution in [0.3, 0.4) is 0 Å². The highest BCUT2D eigenvalue weighted by atomic mass is 15.3. The average Bonchev–Trinajstić information content (AvgIpc) is 1.98. The Morgan fingerprint density at radius 2 is 2.10 bits per heavy atom. The van der Waals surface area contributed by atoms with Gasteiger partial charge < -0.3 is 5.43 Å². The van der Waals surface area contributed by atoms with E-state index in [9.17, 15) is 0 Å². The summed E-state index contributed by atoms with van der Waals surface area (Å²) in [7, 11) is 0. The van der Waals surface area contributed by atoms with Gasteiger partial charge in [-0.05, 0) is 6.08 Å². The van der Waals surface area contributed by atoms with Gasteiger partial charge in [-0.2, -0.15) is 0 Å². The van der Waals surface area contributed by atoms with E-state index >= 15 is 0 Å². The minimum atomic E-state index is 0.551. The van der Waals surface area contributed by atoms with E-state index in [1.807, 2.05) is 0 Å². The molecule has 0 radical (unpaired) electrons. The smallest absolute Gasteiger partial charge is 0.139 e. The Balaban J connectivity index is 4.06. The molecule has 0 spiro atoms. The molecule has 3 heteroatoms. The van der Waals surface area contributed by atoms with Gasteiger partial charge in [-0.1, -0.05) is 25.3 Å². The fourth-order valence-electron chi connectivity index (χ4n) is 0.373. The van der Waals surface area contributed by atoms with E-state index in [1.165, 1.54) is 6.21 Å². The lowest BCUT2D eigenvalue weighted by Gasteiger charge is -1.94. The topological polar surface area (TPSA) is 50.4 Å². The van der Waals surface area contributed by atoms with Gasteiger partial charge in [-0.3, -0.25) is 0 Å². The summed E-state index contributed by atoms with van der Waals surface area (Å²) in [5.74, 6) is 5.64. The zero-order valence-corrected chi connectivity index (χ0v) is 5.75. The molecule has 0 rings (SSSR count). The molecule has 10 heavy (non-hydrogen) atoms. The fraction of sp³-hybridized carbons (Fsp3) is 0. The molecule has 0 saturated carbocycles. The number of allylic oxidation sites excluding steroid dienone is 3. The predicted octanol–water partition coefficient (Wildman–Crippen LogP) is 0.734. The molecule has 0 bridgehead atoms. The van der Waals surface area contributed by atoms with Crippen LogP contribution in [0.15, 0.2) is 42.2 Å². The number of hydrogen-bond acceptors (Lipinski definition) is 3. The van der Waals surface area contributed by atoms with Gasteiger partial charge >= 0.3 is 0 Å². The van der Waals surface area contributed by atoms with Crippen molar-refractivity contribution >= 4 is 6.21 Å². The average molecular weight is 137 g/mol. The van der Waals surface area contributed by atoms with Crippen LogP contribution in [0.2, 0.25) is 0 Å². The van der Waals surface area contributed by atoms with Crippen LogP contribution in [-0.2, 0) is 0 Å². The molecule has 0 fully saturated rings. The van der Waals surface area contributed by atoms with Crippen molar-refractivity contribution in [3.63, 3.8) is 0 Å². The minimum Gasteiger partial charge on any atom is -0.308 e. The number of hydrogen-bond donors (Lipinski definition) is 2. The standard InChI is InChI=1S/C7H11N3/c1-3-5-7(10-8)9-6-4-2/h3-6,10H,1-2,8H2/b7-5+,9-6?. The first-order chi connectivity index (χ1) is 4.85. The third kappa shape index (κ3) is 3.63. The molecule has 0 aromatic rings. The zero-order valence-electron chi connectivity index (χ0n) is 5.75.